The van der Waals surface area contributed by atoms with E-state index in [0.29, 0.717) is 24.4 Å². The van der Waals surface area contributed by atoms with E-state index in [0.717, 1.165) is 24.2 Å². The zero-order valence-corrected chi connectivity index (χ0v) is 12.2. The van der Waals surface area contributed by atoms with E-state index in [4.69, 9.17) is 10.5 Å². The Kier molecular flexibility index (Phi) is 4.75. The molecule has 0 bridgehead atoms. The Labute approximate surface area is 115 Å². The van der Waals surface area contributed by atoms with Crippen LogP contribution in [0.5, 0.6) is 6.01 Å². The highest BCUT2D eigenvalue weighted by atomic mass is 16.5. The van der Waals surface area contributed by atoms with Gasteiger partial charge in [0.05, 0.1) is 5.69 Å². The first kappa shape index (κ1) is 14.3. The van der Waals surface area contributed by atoms with Gasteiger partial charge in [-0.25, -0.2) is 4.98 Å². The lowest BCUT2D eigenvalue weighted by Gasteiger charge is -2.30. The van der Waals surface area contributed by atoms with Crippen molar-refractivity contribution in [3.8, 4) is 6.01 Å². The van der Waals surface area contributed by atoms with Crippen LogP contribution in [0.3, 0.4) is 0 Å². The van der Waals surface area contributed by atoms with E-state index >= 15 is 0 Å². The first-order chi connectivity index (χ1) is 9.10. The Hall–Kier alpha value is -1.16. The van der Waals surface area contributed by atoms with Crippen LogP contribution in [0.2, 0.25) is 0 Å². The van der Waals surface area contributed by atoms with Gasteiger partial charge in [-0.3, -0.25) is 0 Å². The number of nitrogens with two attached hydrogens (primary N) is 1. The molecule has 106 valence electrons. The monoisotopic (exact) mass is 263 g/mol. The van der Waals surface area contributed by atoms with Gasteiger partial charge >= 0.3 is 6.01 Å². The molecule has 2 rings (SSSR count). The summed E-state index contributed by atoms with van der Waals surface area (Å²) >= 11 is 0. The average Bonchev–Trinajstić information content (AvgIpc) is 2.38. The lowest BCUT2D eigenvalue weighted by molar-refractivity contribution is 0.0866. The third kappa shape index (κ3) is 3.66. The van der Waals surface area contributed by atoms with Crippen LogP contribution in [0.1, 0.15) is 56.8 Å². The highest BCUT2D eigenvalue weighted by Gasteiger charge is 2.26. The van der Waals surface area contributed by atoms with Crippen LogP contribution < -0.4 is 10.5 Å². The maximum absolute atomic E-state index is 6.03. The maximum atomic E-state index is 6.03. The molecule has 0 aromatic carbocycles. The summed E-state index contributed by atoms with van der Waals surface area (Å²) in [5.41, 5.74) is 7.85. The highest BCUT2D eigenvalue weighted by Crippen LogP contribution is 2.27. The summed E-state index contributed by atoms with van der Waals surface area (Å²) in [5, 5.41) is 0. The van der Waals surface area contributed by atoms with Crippen molar-refractivity contribution in [2.45, 2.75) is 58.5 Å². The van der Waals surface area contributed by atoms with E-state index < -0.39 is 0 Å². The first-order valence-corrected chi connectivity index (χ1v) is 7.32. The molecule has 1 heterocycles. The van der Waals surface area contributed by atoms with Crippen molar-refractivity contribution in [2.24, 2.45) is 11.7 Å². The molecule has 0 aliphatic heterocycles. The summed E-state index contributed by atoms with van der Waals surface area (Å²) in [5.74, 6) is 0.834. The summed E-state index contributed by atoms with van der Waals surface area (Å²) in [6.45, 7) is 6.94. The molecule has 0 radical (unpaired) electrons. The molecular weight excluding hydrogens is 238 g/mol. The van der Waals surface area contributed by atoms with Crippen molar-refractivity contribution in [1.82, 2.24) is 9.97 Å². The molecule has 0 saturated heterocycles. The molecule has 1 fully saturated rings. The first-order valence-electron chi connectivity index (χ1n) is 7.32. The van der Waals surface area contributed by atoms with E-state index in [1.54, 1.807) is 0 Å². The van der Waals surface area contributed by atoms with E-state index in [9.17, 15) is 0 Å². The van der Waals surface area contributed by atoms with Gasteiger partial charge < -0.3 is 10.5 Å². The van der Waals surface area contributed by atoms with Crippen LogP contribution >= 0.6 is 0 Å². The van der Waals surface area contributed by atoms with Crippen molar-refractivity contribution in [3.63, 3.8) is 0 Å². The van der Waals surface area contributed by atoms with E-state index in [1.165, 1.54) is 12.8 Å². The van der Waals surface area contributed by atoms with Crippen molar-refractivity contribution < 1.29 is 4.74 Å². The summed E-state index contributed by atoms with van der Waals surface area (Å²) in [4.78, 5) is 8.93. The fraction of sp³-hybridized carbons (Fsp3) is 0.733. The van der Waals surface area contributed by atoms with Crippen molar-refractivity contribution in [1.29, 1.82) is 0 Å². The number of hydrogen-bond donors (Lipinski definition) is 1. The standard InChI is InChI=1S/C15H25N3O/c1-10(2)13-8-11(3)17-15(18-13)19-14-7-5-4-6-12(14)9-16/h8,10,12,14H,4-7,9,16H2,1-3H3. The second kappa shape index (κ2) is 6.33. The summed E-state index contributed by atoms with van der Waals surface area (Å²) in [6, 6.07) is 2.55. The normalized spacial score (nSPS) is 23.6. The summed E-state index contributed by atoms with van der Waals surface area (Å²) < 4.78 is 6.03. The van der Waals surface area contributed by atoms with Gasteiger partial charge in [-0.15, -0.1) is 0 Å². The molecule has 1 aromatic heterocycles. The van der Waals surface area contributed by atoms with Crippen LogP contribution in [0.25, 0.3) is 0 Å². The van der Waals surface area contributed by atoms with E-state index in [-0.39, 0.29) is 6.10 Å². The van der Waals surface area contributed by atoms with Gasteiger partial charge in [0.2, 0.25) is 0 Å². The molecule has 1 saturated carbocycles. The zero-order chi connectivity index (χ0) is 13.8. The Bertz CT molecular complexity index is 420. The van der Waals surface area contributed by atoms with Gasteiger partial charge in [-0.2, -0.15) is 4.98 Å². The van der Waals surface area contributed by atoms with E-state index in [1.807, 2.05) is 13.0 Å². The molecular formula is C15H25N3O. The molecule has 2 atom stereocenters. The van der Waals surface area contributed by atoms with Gasteiger partial charge in [0.1, 0.15) is 6.10 Å². The second-order valence-corrected chi connectivity index (χ2v) is 5.81. The van der Waals surface area contributed by atoms with Crippen molar-refractivity contribution in [2.75, 3.05) is 6.54 Å². The smallest absolute Gasteiger partial charge is 0.317 e. The van der Waals surface area contributed by atoms with Gasteiger partial charge in [-0.05, 0) is 44.7 Å². The van der Waals surface area contributed by atoms with Crippen LogP contribution in [0, 0.1) is 12.8 Å². The SMILES string of the molecule is Cc1cc(C(C)C)nc(OC2CCCCC2CN)n1. The van der Waals surface area contributed by atoms with Crippen molar-refractivity contribution in [3.05, 3.63) is 17.5 Å². The quantitative estimate of drug-likeness (QED) is 0.907. The molecule has 4 nitrogen and oxygen atoms in total. The molecule has 2 N–H and O–H groups in total. The number of nitrogens with zero attached hydrogens (tertiary/aromatic N) is 2. The summed E-state index contributed by atoms with van der Waals surface area (Å²) in [6.07, 6.45) is 4.87. The number of hydrogen-bond acceptors (Lipinski definition) is 4. The topological polar surface area (TPSA) is 61.0 Å². The van der Waals surface area contributed by atoms with Crippen LogP contribution in [0.4, 0.5) is 0 Å². The molecule has 0 spiro atoms. The fourth-order valence-corrected chi connectivity index (χ4v) is 2.65. The third-order valence-electron chi connectivity index (χ3n) is 3.84. The number of rotatable bonds is 4. The van der Waals surface area contributed by atoms with Gasteiger partial charge in [-0.1, -0.05) is 20.3 Å². The predicted octanol–water partition coefficient (Wildman–Crippen LogP) is 2.80. The Morgan fingerprint density at radius 3 is 2.74 bits per heavy atom. The third-order valence-corrected chi connectivity index (χ3v) is 3.84. The Morgan fingerprint density at radius 2 is 2.05 bits per heavy atom. The zero-order valence-electron chi connectivity index (χ0n) is 12.2. The van der Waals surface area contributed by atoms with Crippen molar-refractivity contribution >= 4 is 0 Å². The minimum Gasteiger partial charge on any atom is -0.460 e. The summed E-state index contributed by atoms with van der Waals surface area (Å²) in [7, 11) is 0. The van der Waals surface area contributed by atoms with Crippen LogP contribution in [-0.4, -0.2) is 22.6 Å². The van der Waals surface area contributed by atoms with Gasteiger partial charge in [0.15, 0.2) is 0 Å². The minimum atomic E-state index is 0.181. The van der Waals surface area contributed by atoms with Gasteiger partial charge in [0.25, 0.3) is 0 Å². The Balaban J connectivity index is 2.13. The molecule has 19 heavy (non-hydrogen) atoms. The van der Waals surface area contributed by atoms with Gasteiger partial charge in [0, 0.05) is 11.6 Å². The number of ether oxygens (including phenoxy) is 1. The molecule has 4 heteroatoms. The number of aryl methyl sites for hydroxylation is 1. The largest absolute Gasteiger partial charge is 0.460 e. The molecule has 2 unspecified atom stereocenters. The second-order valence-electron chi connectivity index (χ2n) is 5.81. The predicted molar refractivity (Wildman–Crippen MR) is 76.3 cm³/mol. The Morgan fingerprint density at radius 1 is 1.32 bits per heavy atom. The molecule has 1 aliphatic rings. The average molecular weight is 263 g/mol. The van der Waals surface area contributed by atoms with E-state index in [2.05, 4.69) is 23.8 Å². The van der Waals surface area contributed by atoms with Crippen LogP contribution in [-0.2, 0) is 0 Å². The molecule has 0 amide bonds. The lowest BCUT2D eigenvalue weighted by Crippen LogP contribution is -2.35. The number of aromatic nitrogens is 2. The minimum absolute atomic E-state index is 0.181. The highest BCUT2D eigenvalue weighted by molar-refractivity contribution is 5.15. The maximum Gasteiger partial charge on any atom is 0.317 e. The molecule has 1 aromatic rings. The fourth-order valence-electron chi connectivity index (χ4n) is 2.65. The lowest BCUT2D eigenvalue weighted by atomic mass is 9.86. The molecule has 1 aliphatic carbocycles. The van der Waals surface area contributed by atoms with Crippen LogP contribution in [0.15, 0.2) is 6.07 Å².